The predicted molar refractivity (Wildman–Crippen MR) is 67.1 cm³/mol. The van der Waals surface area contributed by atoms with E-state index in [9.17, 15) is 24.6 Å². The summed E-state index contributed by atoms with van der Waals surface area (Å²) in [5.41, 5.74) is 0. The second-order valence-corrected chi connectivity index (χ2v) is 4.73. The second-order valence-electron chi connectivity index (χ2n) is 4.73. The van der Waals surface area contributed by atoms with Crippen LogP contribution in [0.15, 0.2) is 12.2 Å². The number of aliphatic hydroxyl groups excluding tert-OH is 2. The Labute approximate surface area is 111 Å². The molecule has 3 N–H and O–H groups in total. The molecular formula is C13H19NO5. The maximum absolute atomic E-state index is 11.8. The van der Waals surface area contributed by atoms with Crippen LogP contribution in [0.25, 0.3) is 0 Å². The first-order valence-electron chi connectivity index (χ1n) is 6.20. The van der Waals surface area contributed by atoms with Gasteiger partial charge in [-0.2, -0.15) is 0 Å². The molecule has 1 saturated heterocycles. The van der Waals surface area contributed by atoms with Crippen molar-refractivity contribution in [3.05, 3.63) is 12.2 Å². The van der Waals surface area contributed by atoms with Crippen molar-refractivity contribution in [3.63, 3.8) is 0 Å². The van der Waals surface area contributed by atoms with Crippen LogP contribution in [-0.2, 0) is 14.4 Å². The molecule has 106 valence electrons. The Hall–Kier alpha value is -1.53. The number of aliphatic hydroxyl groups is 2. The van der Waals surface area contributed by atoms with Gasteiger partial charge in [0.15, 0.2) is 17.5 Å². The Morgan fingerprint density at radius 3 is 2.58 bits per heavy atom. The number of hydrogen-bond donors (Lipinski definition) is 3. The molecule has 1 aliphatic heterocycles. The highest BCUT2D eigenvalue weighted by Crippen LogP contribution is 2.17. The molecule has 4 atom stereocenters. The van der Waals surface area contributed by atoms with E-state index in [0.717, 1.165) is 0 Å². The van der Waals surface area contributed by atoms with E-state index < -0.39 is 41.5 Å². The molecule has 0 radical (unpaired) electrons. The van der Waals surface area contributed by atoms with Crippen molar-refractivity contribution in [1.29, 1.82) is 0 Å². The molecule has 0 saturated carbocycles. The minimum atomic E-state index is -1.30. The van der Waals surface area contributed by atoms with Gasteiger partial charge in [0, 0.05) is 12.3 Å². The lowest BCUT2D eigenvalue weighted by Gasteiger charge is -2.22. The maximum atomic E-state index is 11.8. The zero-order valence-electron chi connectivity index (χ0n) is 11.0. The number of nitrogens with one attached hydrogen (secondary N) is 1. The summed E-state index contributed by atoms with van der Waals surface area (Å²) in [6.07, 6.45) is 0.857. The number of Topliss-reactive ketones (excluding diaryl/α,β-unsaturated/α-hetero) is 2. The zero-order chi connectivity index (χ0) is 14.6. The minimum Gasteiger partial charge on any atom is -0.392 e. The van der Waals surface area contributed by atoms with Gasteiger partial charge in [0.1, 0.15) is 0 Å². The highest BCUT2D eigenvalue weighted by atomic mass is 16.3. The average molecular weight is 269 g/mol. The topological polar surface area (TPSA) is 104 Å². The molecular weight excluding hydrogens is 250 g/mol. The van der Waals surface area contributed by atoms with E-state index in [2.05, 4.69) is 5.32 Å². The van der Waals surface area contributed by atoms with Crippen molar-refractivity contribution in [2.45, 2.75) is 32.5 Å². The van der Waals surface area contributed by atoms with Crippen LogP contribution in [0.4, 0.5) is 0 Å². The second kappa shape index (κ2) is 6.58. The summed E-state index contributed by atoms with van der Waals surface area (Å²) in [4.78, 5) is 34.5. The van der Waals surface area contributed by atoms with Gasteiger partial charge >= 0.3 is 0 Å². The SMILES string of the molecule is CC=CC(O)C(C)C(O)CC(=O)C1C(=O)CNC1=O. The lowest BCUT2D eigenvalue weighted by molar-refractivity contribution is -0.137. The van der Waals surface area contributed by atoms with E-state index in [1.165, 1.54) is 6.08 Å². The fourth-order valence-corrected chi connectivity index (χ4v) is 1.96. The number of amides is 1. The van der Waals surface area contributed by atoms with Gasteiger partial charge < -0.3 is 15.5 Å². The quantitative estimate of drug-likeness (QED) is 0.432. The normalized spacial score (nSPS) is 24.3. The molecule has 0 aromatic heterocycles. The first-order valence-corrected chi connectivity index (χ1v) is 6.20. The van der Waals surface area contributed by atoms with Gasteiger partial charge in [-0.15, -0.1) is 0 Å². The van der Waals surface area contributed by atoms with Gasteiger partial charge in [0.2, 0.25) is 5.91 Å². The number of allylic oxidation sites excluding steroid dienone is 1. The molecule has 0 aliphatic carbocycles. The van der Waals surface area contributed by atoms with Crippen LogP contribution in [-0.4, -0.2) is 46.4 Å². The van der Waals surface area contributed by atoms with E-state index in [1.807, 2.05) is 0 Å². The Morgan fingerprint density at radius 2 is 2.11 bits per heavy atom. The average Bonchev–Trinajstić information content (AvgIpc) is 2.68. The highest BCUT2D eigenvalue weighted by molar-refractivity contribution is 6.23. The van der Waals surface area contributed by atoms with Crippen LogP contribution in [0, 0.1) is 11.8 Å². The predicted octanol–water partition coefficient (Wildman–Crippen LogP) is -0.805. The van der Waals surface area contributed by atoms with Crippen molar-refractivity contribution in [2.24, 2.45) is 11.8 Å². The van der Waals surface area contributed by atoms with Crippen molar-refractivity contribution >= 4 is 17.5 Å². The summed E-state index contributed by atoms with van der Waals surface area (Å²) in [6, 6.07) is 0. The number of ketones is 2. The molecule has 1 rings (SSSR count). The van der Waals surface area contributed by atoms with E-state index in [-0.39, 0.29) is 13.0 Å². The van der Waals surface area contributed by atoms with Crippen molar-refractivity contribution < 1.29 is 24.6 Å². The summed E-state index contributed by atoms with van der Waals surface area (Å²) in [6.45, 7) is 3.19. The maximum Gasteiger partial charge on any atom is 0.238 e. The van der Waals surface area contributed by atoms with E-state index in [0.29, 0.717) is 0 Å². The molecule has 1 amide bonds. The van der Waals surface area contributed by atoms with Crippen LogP contribution in [0.3, 0.4) is 0 Å². The van der Waals surface area contributed by atoms with Gasteiger partial charge in [-0.25, -0.2) is 0 Å². The molecule has 0 spiro atoms. The van der Waals surface area contributed by atoms with Gasteiger partial charge in [-0.1, -0.05) is 19.1 Å². The van der Waals surface area contributed by atoms with Gasteiger partial charge in [0.25, 0.3) is 0 Å². The van der Waals surface area contributed by atoms with E-state index >= 15 is 0 Å². The third kappa shape index (κ3) is 3.71. The molecule has 0 aromatic rings. The van der Waals surface area contributed by atoms with E-state index in [1.54, 1.807) is 19.9 Å². The van der Waals surface area contributed by atoms with Crippen LogP contribution in [0.2, 0.25) is 0 Å². The Morgan fingerprint density at radius 1 is 1.47 bits per heavy atom. The Balaban J connectivity index is 2.61. The molecule has 1 aliphatic rings. The number of carbonyl (C=O) groups is 3. The van der Waals surface area contributed by atoms with Crippen LogP contribution in [0.5, 0.6) is 0 Å². The van der Waals surface area contributed by atoms with Crippen molar-refractivity contribution in [3.8, 4) is 0 Å². The molecule has 1 heterocycles. The standard InChI is InChI=1S/C13H19NO5/c1-3-4-8(15)7(2)9(16)5-10(17)12-11(18)6-14-13(12)19/h3-4,7-9,12,15-16H,5-6H2,1-2H3,(H,14,19). The largest absolute Gasteiger partial charge is 0.392 e. The summed E-state index contributed by atoms with van der Waals surface area (Å²) in [5.74, 6) is -3.54. The number of rotatable bonds is 6. The molecule has 6 nitrogen and oxygen atoms in total. The molecule has 1 fully saturated rings. The fourth-order valence-electron chi connectivity index (χ4n) is 1.96. The first-order chi connectivity index (χ1) is 8.88. The highest BCUT2D eigenvalue weighted by Gasteiger charge is 2.39. The molecule has 0 bridgehead atoms. The van der Waals surface area contributed by atoms with Crippen LogP contribution >= 0.6 is 0 Å². The molecule has 0 aromatic carbocycles. The Bertz CT molecular complexity index is 388. The zero-order valence-corrected chi connectivity index (χ0v) is 11.0. The molecule has 6 heteroatoms. The Kier molecular flexibility index (Phi) is 5.38. The summed E-state index contributed by atoms with van der Waals surface area (Å²) < 4.78 is 0. The summed E-state index contributed by atoms with van der Waals surface area (Å²) in [5, 5.41) is 21.8. The lowest BCUT2D eigenvalue weighted by Crippen LogP contribution is -2.35. The van der Waals surface area contributed by atoms with Gasteiger partial charge in [0.05, 0.1) is 18.8 Å². The summed E-state index contributed by atoms with van der Waals surface area (Å²) >= 11 is 0. The third-order valence-corrected chi connectivity index (χ3v) is 3.29. The minimum absolute atomic E-state index is 0.137. The van der Waals surface area contributed by atoms with E-state index in [4.69, 9.17) is 0 Å². The van der Waals surface area contributed by atoms with Crippen molar-refractivity contribution in [2.75, 3.05) is 6.54 Å². The number of hydrogen-bond acceptors (Lipinski definition) is 5. The first kappa shape index (κ1) is 15.5. The fraction of sp³-hybridized carbons (Fsp3) is 0.615. The van der Waals surface area contributed by atoms with Crippen LogP contribution < -0.4 is 5.32 Å². The third-order valence-electron chi connectivity index (χ3n) is 3.29. The van der Waals surface area contributed by atoms with Crippen LogP contribution in [0.1, 0.15) is 20.3 Å². The number of carbonyl (C=O) groups excluding carboxylic acids is 3. The molecule has 4 unspecified atom stereocenters. The monoisotopic (exact) mass is 269 g/mol. The van der Waals surface area contributed by atoms with Gasteiger partial charge in [-0.05, 0) is 6.92 Å². The lowest BCUT2D eigenvalue weighted by atomic mass is 9.89. The smallest absolute Gasteiger partial charge is 0.238 e. The summed E-state index contributed by atoms with van der Waals surface area (Å²) in [7, 11) is 0. The van der Waals surface area contributed by atoms with Crippen molar-refractivity contribution in [1.82, 2.24) is 5.32 Å². The van der Waals surface area contributed by atoms with Gasteiger partial charge in [-0.3, -0.25) is 14.4 Å². The molecule has 19 heavy (non-hydrogen) atoms.